The Balaban J connectivity index is 2.23. The number of benzene rings is 2. The summed E-state index contributed by atoms with van der Waals surface area (Å²) in [7, 11) is 0. The van der Waals surface area contributed by atoms with E-state index in [2.05, 4.69) is 5.32 Å². The van der Waals surface area contributed by atoms with E-state index in [1.165, 1.54) is 24.3 Å². The molecule has 0 aliphatic rings. The smallest absolute Gasteiger partial charge is 0.269 e. The maximum absolute atomic E-state index is 13.1. The van der Waals surface area contributed by atoms with Gasteiger partial charge in [0.2, 0.25) is 0 Å². The Bertz CT molecular complexity index is 691. The number of rotatable bonds is 4. The summed E-state index contributed by atoms with van der Waals surface area (Å²) in [5.41, 5.74) is 2.34. The van der Waals surface area contributed by atoms with Crippen LogP contribution >= 0.6 is 11.6 Å². The third kappa shape index (κ3) is 3.49. The number of anilines is 1. The van der Waals surface area contributed by atoms with Gasteiger partial charge in [0.1, 0.15) is 5.82 Å². The van der Waals surface area contributed by atoms with Crippen LogP contribution in [-0.2, 0) is 0 Å². The normalized spacial score (nSPS) is 12.0. The van der Waals surface area contributed by atoms with E-state index in [0.717, 1.165) is 16.8 Å². The lowest BCUT2D eigenvalue weighted by Crippen LogP contribution is -2.08. The largest absolute Gasteiger partial charge is 0.378 e. The molecule has 1 atom stereocenters. The predicted molar refractivity (Wildman–Crippen MR) is 81.3 cm³/mol. The first-order valence-corrected chi connectivity index (χ1v) is 6.73. The molecule has 2 aromatic carbocycles. The minimum Gasteiger partial charge on any atom is -0.378 e. The van der Waals surface area contributed by atoms with Crippen LogP contribution in [0.4, 0.5) is 15.8 Å². The van der Waals surface area contributed by atoms with Gasteiger partial charge in [-0.1, -0.05) is 17.7 Å². The first kappa shape index (κ1) is 15.3. The molecular formula is C15H14ClFN2O2. The van der Waals surface area contributed by atoms with Crippen molar-refractivity contribution < 1.29 is 9.31 Å². The Morgan fingerprint density at radius 2 is 2.00 bits per heavy atom. The van der Waals surface area contributed by atoms with Crippen molar-refractivity contribution in [2.24, 2.45) is 0 Å². The van der Waals surface area contributed by atoms with Crippen LogP contribution < -0.4 is 5.32 Å². The molecule has 4 nitrogen and oxygen atoms in total. The van der Waals surface area contributed by atoms with E-state index in [-0.39, 0.29) is 17.5 Å². The summed E-state index contributed by atoms with van der Waals surface area (Å²) in [5.74, 6) is -0.387. The SMILES string of the molecule is Cc1cc([N+](=O)[O-])ccc1NC(C)c1ccc(F)cc1Cl. The van der Waals surface area contributed by atoms with Crippen LogP contribution in [0.25, 0.3) is 0 Å². The summed E-state index contributed by atoms with van der Waals surface area (Å²) in [4.78, 5) is 10.3. The quantitative estimate of drug-likeness (QED) is 0.647. The van der Waals surface area contributed by atoms with E-state index >= 15 is 0 Å². The highest BCUT2D eigenvalue weighted by molar-refractivity contribution is 6.31. The molecule has 2 rings (SSSR count). The van der Waals surface area contributed by atoms with Gasteiger partial charge in [-0.05, 0) is 43.2 Å². The zero-order valence-corrected chi connectivity index (χ0v) is 12.3. The number of nitrogens with one attached hydrogen (secondary N) is 1. The van der Waals surface area contributed by atoms with Crippen LogP contribution in [0.1, 0.15) is 24.1 Å². The van der Waals surface area contributed by atoms with Gasteiger partial charge in [0.25, 0.3) is 5.69 Å². The molecule has 0 spiro atoms. The molecule has 0 saturated carbocycles. The molecule has 0 aromatic heterocycles. The number of halogens is 2. The van der Waals surface area contributed by atoms with Gasteiger partial charge in [-0.25, -0.2) is 4.39 Å². The molecule has 0 aliphatic heterocycles. The lowest BCUT2D eigenvalue weighted by Gasteiger charge is -2.18. The minimum atomic E-state index is -0.433. The molecule has 0 heterocycles. The number of nitro benzene ring substituents is 1. The molecule has 0 amide bonds. The predicted octanol–water partition coefficient (Wildman–Crippen LogP) is 4.87. The number of aryl methyl sites for hydroxylation is 1. The lowest BCUT2D eigenvalue weighted by atomic mass is 10.1. The molecule has 2 aromatic rings. The Kier molecular flexibility index (Phi) is 4.43. The zero-order valence-electron chi connectivity index (χ0n) is 11.6. The number of non-ortho nitro benzene ring substituents is 1. The standard InChI is InChI=1S/C15H14ClFN2O2/c1-9-7-12(19(20)21)4-6-15(9)18-10(2)13-5-3-11(17)8-14(13)16/h3-8,10,18H,1-2H3. The maximum Gasteiger partial charge on any atom is 0.269 e. The molecule has 1 N–H and O–H groups in total. The maximum atomic E-state index is 13.1. The van der Waals surface area contributed by atoms with Crippen LogP contribution in [0.3, 0.4) is 0 Å². The molecule has 0 bridgehead atoms. The highest BCUT2D eigenvalue weighted by atomic mass is 35.5. The van der Waals surface area contributed by atoms with E-state index in [0.29, 0.717) is 5.02 Å². The Labute approximate surface area is 126 Å². The van der Waals surface area contributed by atoms with Gasteiger partial charge >= 0.3 is 0 Å². The summed E-state index contributed by atoms with van der Waals surface area (Å²) >= 11 is 6.03. The van der Waals surface area contributed by atoms with Crippen molar-refractivity contribution in [1.82, 2.24) is 0 Å². The van der Waals surface area contributed by atoms with E-state index < -0.39 is 4.92 Å². The first-order valence-electron chi connectivity index (χ1n) is 6.35. The Morgan fingerprint density at radius 1 is 1.29 bits per heavy atom. The third-order valence-electron chi connectivity index (χ3n) is 3.22. The summed E-state index contributed by atoms with van der Waals surface area (Å²) in [5, 5.41) is 14.3. The minimum absolute atomic E-state index is 0.0468. The van der Waals surface area contributed by atoms with E-state index in [1.807, 2.05) is 6.92 Å². The molecule has 0 radical (unpaired) electrons. The lowest BCUT2D eigenvalue weighted by molar-refractivity contribution is -0.384. The van der Waals surface area contributed by atoms with E-state index in [4.69, 9.17) is 11.6 Å². The zero-order chi connectivity index (χ0) is 15.6. The summed E-state index contributed by atoms with van der Waals surface area (Å²) in [6.45, 7) is 3.67. The summed E-state index contributed by atoms with van der Waals surface area (Å²) < 4.78 is 13.1. The average Bonchev–Trinajstić information content (AvgIpc) is 2.40. The number of nitro groups is 1. The van der Waals surface area contributed by atoms with Crippen molar-refractivity contribution in [3.8, 4) is 0 Å². The van der Waals surface area contributed by atoms with Crippen molar-refractivity contribution in [2.75, 3.05) is 5.32 Å². The molecule has 0 aliphatic carbocycles. The number of hydrogen-bond donors (Lipinski definition) is 1. The summed E-state index contributed by atoms with van der Waals surface area (Å²) in [6.07, 6.45) is 0. The van der Waals surface area contributed by atoms with Crippen molar-refractivity contribution >= 4 is 23.0 Å². The fraction of sp³-hybridized carbons (Fsp3) is 0.200. The van der Waals surface area contributed by atoms with Crippen LogP contribution in [0.2, 0.25) is 5.02 Å². The fourth-order valence-corrected chi connectivity index (χ4v) is 2.42. The second kappa shape index (κ2) is 6.10. The van der Waals surface area contributed by atoms with E-state index in [1.54, 1.807) is 19.1 Å². The van der Waals surface area contributed by atoms with Gasteiger partial charge in [0.15, 0.2) is 0 Å². The van der Waals surface area contributed by atoms with Crippen LogP contribution in [0, 0.1) is 22.9 Å². The molecular weight excluding hydrogens is 295 g/mol. The topological polar surface area (TPSA) is 55.2 Å². The number of nitrogens with zero attached hydrogens (tertiary/aromatic N) is 1. The van der Waals surface area contributed by atoms with Gasteiger partial charge in [-0.2, -0.15) is 0 Å². The monoisotopic (exact) mass is 308 g/mol. The van der Waals surface area contributed by atoms with Crippen molar-refractivity contribution in [2.45, 2.75) is 19.9 Å². The molecule has 21 heavy (non-hydrogen) atoms. The van der Waals surface area contributed by atoms with Gasteiger partial charge in [-0.3, -0.25) is 10.1 Å². The van der Waals surface area contributed by atoms with Crippen LogP contribution in [0.15, 0.2) is 36.4 Å². The Morgan fingerprint density at radius 3 is 2.57 bits per heavy atom. The van der Waals surface area contributed by atoms with Gasteiger partial charge in [0, 0.05) is 22.8 Å². The molecule has 0 saturated heterocycles. The molecule has 6 heteroatoms. The third-order valence-corrected chi connectivity index (χ3v) is 3.55. The average molecular weight is 309 g/mol. The van der Waals surface area contributed by atoms with Crippen molar-refractivity contribution in [3.05, 3.63) is 68.5 Å². The van der Waals surface area contributed by atoms with Gasteiger partial charge < -0.3 is 5.32 Å². The van der Waals surface area contributed by atoms with Gasteiger partial charge in [0.05, 0.1) is 11.0 Å². The van der Waals surface area contributed by atoms with Crippen molar-refractivity contribution in [3.63, 3.8) is 0 Å². The van der Waals surface area contributed by atoms with E-state index in [9.17, 15) is 14.5 Å². The van der Waals surface area contributed by atoms with Gasteiger partial charge in [-0.15, -0.1) is 0 Å². The first-order chi connectivity index (χ1) is 9.88. The molecule has 0 fully saturated rings. The second-order valence-corrected chi connectivity index (χ2v) is 5.20. The molecule has 1 unspecified atom stereocenters. The van der Waals surface area contributed by atoms with Crippen LogP contribution in [0.5, 0.6) is 0 Å². The Hall–Kier alpha value is -2.14. The van der Waals surface area contributed by atoms with Crippen LogP contribution in [-0.4, -0.2) is 4.92 Å². The second-order valence-electron chi connectivity index (χ2n) is 4.79. The summed E-state index contributed by atoms with van der Waals surface area (Å²) in [6, 6.07) is 8.67. The van der Waals surface area contributed by atoms with Crippen molar-refractivity contribution in [1.29, 1.82) is 0 Å². The highest BCUT2D eigenvalue weighted by Crippen LogP contribution is 2.29. The fourth-order valence-electron chi connectivity index (χ4n) is 2.09. The molecule has 110 valence electrons. The highest BCUT2D eigenvalue weighted by Gasteiger charge is 2.13. The number of hydrogen-bond acceptors (Lipinski definition) is 3.